The van der Waals surface area contributed by atoms with E-state index in [2.05, 4.69) is 48.1 Å². The van der Waals surface area contributed by atoms with Crippen LogP contribution in [0.4, 0.5) is 0 Å². The van der Waals surface area contributed by atoms with Crippen molar-refractivity contribution in [1.29, 1.82) is 0 Å². The van der Waals surface area contributed by atoms with Gasteiger partial charge in [-0.1, -0.05) is 20.8 Å². The van der Waals surface area contributed by atoms with Gasteiger partial charge >= 0.3 is 0 Å². The Balaban J connectivity index is 2.24. The number of thioether (sulfide) groups is 1. The van der Waals surface area contributed by atoms with Crippen LogP contribution in [-0.4, -0.2) is 33.6 Å². The number of hydrogen-bond acceptors (Lipinski definition) is 3. The summed E-state index contributed by atoms with van der Waals surface area (Å²) in [6.07, 6.45) is 11.2. The van der Waals surface area contributed by atoms with Crippen LogP contribution >= 0.6 is 11.8 Å². The summed E-state index contributed by atoms with van der Waals surface area (Å²) in [5.41, 5.74) is 1.72. The van der Waals surface area contributed by atoms with E-state index in [4.69, 9.17) is 0 Å². The maximum absolute atomic E-state index is 4.46. The summed E-state index contributed by atoms with van der Waals surface area (Å²) >= 11 is 2.01. The summed E-state index contributed by atoms with van der Waals surface area (Å²) in [6.45, 7) is 10.3. The molecule has 114 valence electrons. The maximum atomic E-state index is 4.46. The molecule has 0 bridgehead atoms. The smallest absolute Gasteiger partial charge is 0.0948 e. The van der Waals surface area contributed by atoms with Crippen molar-refractivity contribution in [2.75, 3.05) is 19.3 Å². The van der Waals surface area contributed by atoms with Gasteiger partial charge in [0.05, 0.1) is 6.33 Å². The van der Waals surface area contributed by atoms with E-state index in [-0.39, 0.29) is 5.41 Å². The predicted molar refractivity (Wildman–Crippen MR) is 88.5 cm³/mol. The quantitative estimate of drug-likeness (QED) is 0.872. The Morgan fingerprint density at radius 1 is 1.35 bits per heavy atom. The Hall–Kier alpha value is -0.480. The van der Waals surface area contributed by atoms with Crippen LogP contribution in [-0.2, 0) is 12.0 Å². The number of nitrogens with one attached hydrogen (secondary N) is 1. The fourth-order valence-corrected chi connectivity index (χ4v) is 4.17. The van der Waals surface area contributed by atoms with Crippen LogP contribution in [0.2, 0.25) is 0 Å². The van der Waals surface area contributed by atoms with Crippen LogP contribution in [0.15, 0.2) is 12.5 Å². The van der Waals surface area contributed by atoms with Crippen molar-refractivity contribution in [3.05, 3.63) is 18.2 Å². The summed E-state index contributed by atoms with van der Waals surface area (Å²) < 4.78 is 2.77. The molecule has 1 fully saturated rings. The zero-order valence-electron chi connectivity index (χ0n) is 13.4. The molecule has 2 heterocycles. The second kappa shape index (κ2) is 6.52. The molecule has 20 heavy (non-hydrogen) atoms. The van der Waals surface area contributed by atoms with Crippen LogP contribution in [0.1, 0.15) is 52.1 Å². The lowest BCUT2D eigenvalue weighted by molar-refractivity contribution is 0.310. The van der Waals surface area contributed by atoms with Gasteiger partial charge in [0.2, 0.25) is 0 Å². The molecule has 0 spiro atoms. The number of rotatable bonds is 6. The maximum Gasteiger partial charge on any atom is 0.0948 e. The third-order valence-electron chi connectivity index (χ3n) is 5.22. The molecule has 2 rings (SSSR count). The van der Waals surface area contributed by atoms with Gasteiger partial charge in [0.15, 0.2) is 0 Å². The third kappa shape index (κ3) is 3.06. The van der Waals surface area contributed by atoms with Gasteiger partial charge in [-0.05, 0) is 45.0 Å². The minimum Gasteiger partial charge on any atom is -0.333 e. The fraction of sp³-hybridized carbons (Fsp3) is 0.812. The molecule has 0 radical (unpaired) electrons. The van der Waals surface area contributed by atoms with E-state index in [0.29, 0.717) is 4.75 Å². The molecule has 1 saturated heterocycles. The summed E-state index contributed by atoms with van der Waals surface area (Å²) in [4.78, 5) is 4.46. The van der Waals surface area contributed by atoms with E-state index in [1.807, 2.05) is 18.1 Å². The molecule has 1 aliphatic heterocycles. The predicted octanol–water partition coefficient (Wildman–Crippen LogP) is 3.45. The molecule has 1 aromatic heterocycles. The van der Waals surface area contributed by atoms with Crippen LogP contribution in [0, 0.1) is 0 Å². The minimum absolute atomic E-state index is 0.285. The molecular weight excluding hydrogens is 266 g/mol. The number of aromatic nitrogens is 2. The lowest BCUT2D eigenvalue weighted by atomic mass is 9.78. The zero-order chi connectivity index (χ0) is 14.6. The first-order valence-corrected chi connectivity index (χ1v) is 9.08. The van der Waals surface area contributed by atoms with Gasteiger partial charge in [-0.2, -0.15) is 11.8 Å². The van der Waals surface area contributed by atoms with Gasteiger partial charge in [-0.3, -0.25) is 0 Å². The molecule has 0 atom stereocenters. The Bertz CT molecular complexity index is 409. The second-order valence-electron chi connectivity index (χ2n) is 6.31. The molecule has 4 heteroatoms. The van der Waals surface area contributed by atoms with E-state index in [1.54, 1.807) is 0 Å². The lowest BCUT2D eigenvalue weighted by Gasteiger charge is -2.37. The molecule has 1 aromatic rings. The van der Waals surface area contributed by atoms with E-state index >= 15 is 0 Å². The first kappa shape index (κ1) is 15.9. The fourth-order valence-electron chi connectivity index (χ4n) is 3.32. The highest BCUT2D eigenvalue weighted by molar-refractivity contribution is 8.00. The summed E-state index contributed by atoms with van der Waals surface area (Å²) in [5, 5.41) is 3.47. The lowest BCUT2D eigenvalue weighted by Crippen LogP contribution is -2.40. The highest BCUT2D eigenvalue weighted by atomic mass is 32.2. The van der Waals surface area contributed by atoms with Gasteiger partial charge in [0.1, 0.15) is 0 Å². The van der Waals surface area contributed by atoms with Crippen molar-refractivity contribution in [2.45, 2.75) is 63.2 Å². The van der Waals surface area contributed by atoms with E-state index < -0.39 is 0 Å². The molecule has 1 N–H and O–H groups in total. The second-order valence-corrected chi connectivity index (χ2v) is 7.59. The number of piperidine rings is 1. The van der Waals surface area contributed by atoms with Crippen molar-refractivity contribution in [3.8, 4) is 0 Å². The molecular formula is C16H29N3S. The normalized spacial score (nSPS) is 19.2. The zero-order valence-corrected chi connectivity index (χ0v) is 14.2. The van der Waals surface area contributed by atoms with E-state index in [0.717, 1.165) is 19.6 Å². The molecule has 0 aromatic carbocycles. The van der Waals surface area contributed by atoms with Gasteiger partial charge in [0.25, 0.3) is 0 Å². The highest BCUT2D eigenvalue weighted by Crippen LogP contribution is 2.36. The van der Waals surface area contributed by atoms with Gasteiger partial charge in [-0.25, -0.2) is 4.98 Å². The topological polar surface area (TPSA) is 29.9 Å². The van der Waals surface area contributed by atoms with Crippen molar-refractivity contribution in [1.82, 2.24) is 14.9 Å². The summed E-state index contributed by atoms with van der Waals surface area (Å²) in [6, 6.07) is 0. The van der Waals surface area contributed by atoms with Gasteiger partial charge in [-0.15, -0.1) is 0 Å². The van der Waals surface area contributed by atoms with Gasteiger partial charge < -0.3 is 9.88 Å². The first-order valence-electron chi connectivity index (χ1n) is 7.85. The number of nitrogens with zero attached hydrogens (tertiary/aromatic N) is 2. The Kier molecular flexibility index (Phi) is 5.19. The van der Waals surface area contributed by atoms with Gasteiger partial charge in [0, 0.05) is 28.6 Å². The number of hydrogen-bond donors (Lipinski definition) is 1. The standard InChI is InChI=1S/C16H29N3S/c1-5-16(6-2,20-4)12-19-13-18-11-14(19)15(3)7-9-17-10-8-15/h11,13,17H,5-10,12H2,1-4H3. The van der Waals surface area contributed by atoms with Crippen molar-refractivity contribution < 1.29 is 0 Å². The Labute approximate surface area is 127 Å². The average Bonchev–Trinajstić information content (AvgIpc) is 2.94. The Morgan fingerprint density at radius 2 is 2.00 bits per heavy atom. The van der Waals surface area contributed by atoms with Crippen LogP contribution < -0.4 is 5.32 Å². The molecule has 0 unspecified atom stereocenters. The number of imidazole rings is 1. The molecule has 3 nitrogen and oxygen atoms in total. The third-order valence-corrected chi connectivity index (χ3v) is 6.79. The first-order chi connectivity index (χ1) is 9.59. The molecule has 0 aliphatic carbocycles. The van der Waals surface area contributed by atoms with E-state index in [9.17, 15) is 0 Å². The summed E-state index contributed by atoms with van der Waals surface area (Å²) in [7, 11) is 0. The van der Waals surface area contributed by atoms with Crippen molar-refractivity contribution in [3.63, 3.8) is 0 Å². The summed E-state index contributed by atoms with van der Waals surface area (Å²) in [5.74, 6) is 0. The highest BCUT2D eigenvalue weighted by Gasteiger charge is 2.34. The largest absolute Gasteiger partial charge is 0.333 e. The SMILES string of the molecule is CCC(CC)(Cn1cncc1C1(C)CCNCC1)SC. The van der Waals surface area contributed by atoms with Crippen LogP contribution in [0.3, 0.4) is 0 Å². The molecule has 0 saturated carbocycles. The Morgan fingerprint density at radius 3 is 2.55 bits per heavy atom. The van der Waals surface area contributed by atoms with Crippen LogP contribution in [0.5, 0.6) is 0 Å². The van der Waals surface area contributed by atoms with Crippen molar-refractivity contribution in [2.24, 2.45) is 0 Å². The molecule has 0 amide bonds. The van der Waals surface area contributed by atoms with Crippen molar-refractivity contribution >= 4 is 11.8 Å². The van der Waals surface area contributed by atoms with Crippen LogP contribution in [0.25, 0.3) is 0 Å². The average molecular weight is 295 g/mol. The monoisotopic (exact) mass is 295 g/mol. The minimum atomic E-state index is 0.285. The molecule has 1 aliphatic rings. The van der Waals surface area contributed by atoms with E-state index in [1.165, 1.54) is 31.4 Å².